The van der Waals surface area contributed by atoms with E-state index in [0.717, 1.165) is 0 Å². The van der Waals surface area contributed by atoms with Crippen LogP contribution in [0, 0.1) is 28.6 Å². The Morgan fingerprint density at radius 2 is 1.47 bits per heavy atom. The van der Waals surface area contributed by atoms with Crippen molar-refractivity contribution in [2.24, 2.45) is 28.6 Å². The fraction of sp³-hybridized carbons (Fsp3) is 0.744. The summed E-state index contributed by atoms with van der Waals surface area (Å²) >= 11 is 0. The van der Waals surface area contributed by atoms with E-state index >= 15 is 4.39 Å². The summed E-state index contributed by atoms with van der Waals surface area (Å²) in [6.45, 7) is 7.95. The average molecular weight is 739 g/mol. The number of carbonyl (C=O) groups is 2. The minimum Gasteiger partial charge on any atom is -1.00 e. The van der Waals surface area contributed by atoms with Crippen LogP contribution in [-0.4, -0.2) is 88.6 Å². The Balaban J connectivity index is 0.000000517. The van der Waals surface area contributed by atoms with Crippen molar-refractivity contribution >= 4 is 49.3 Å². The van der Waals surface area contributed by atoms with Gasteiger partial charge in [-0.2, -0.15) is 0 Å². The molecule has 8 heteroatoms. The van der Waals surface area contributed by atoms with Gasteiger partial charge in [0.1, 0.15) is 18.8 Å². The molecule has 0 amide bonds. The second kappa shape index (κ2) is 20.1. The van der Waals surface area contributed by atoms with Crippen molar-refractivity contribution in [3.05, 3.63) is 54.4 Å². The van der Waals surface area contributed by atoms with Crippen LogP contribution in [0.2, 0.25) is 0 Å². The number of Topliss-reactive ketones (excluding diaryl/α,β-unsaturated/α-hetero) is 1. The van der Waals surface area contributed by atoms with Crippen LogP contribution in [0.3, 0.4) is 0 Å². The molecule has 0 unspecified atom stereocenters. The van der Waals surface area contributed by atoms with Crippen LogP contribution < -0.4 is 4.57 Å². The van der Waals surface area contributed by atoms with E-state index in [4.69, 9.17) is 0 Å². The molecule has 4 aliphatic carbocycles. The fourth-order valence-corrected chi connectivity index (χ4v) is 10.3. The van der Waals surface area contributed by atoms with Gasteiger partial charge in [-0.3, -0.25) is 9.59 Å². The number of rotatable bonds is 17. The van der Waals surface area contributed by atoms with Gasteiger partial charge < -0.3 is 18.2 Å². The maximum absolute atomic E-state index is 16.9. The van der Waals surface area contributed by atoms with Gasteiger partial charge >= 0.3 is 37.7 Å². The van der Waals surface area contributed by atoms with E-state index in [1.807, 2.05) is 0 Å². The molecule has 5 rings (SSSR count). The molecule has 4 aliphatic rings. The number of aliphatic hydroxyl groups is 3. The summed E-state index contributed by atoms with van der Waals surface area (Å²) in [6.07, 6.45) is 28.9. The van der Waals surface area contributed by atoms with E-state index in [0.29, 0.717) is 24.8 Å². The van der Waals surface area contributed by atoms with E-state index in [-0.39, 0.29) is 58.7 Å². The summed E-state index contributed by atoms with van der Waals surface area (Å²) in [4.78, 5) is 24.4. The van der Waals surface area contributed by atoms with E-state index in [1.54, 1.807) is 26.8 Å². The first-order valence-corrected chi connectivity index (χ1v) is 20.0. The number of unbranched alkanes of at least 4 members (excludes halogenated alkanes) is 13. The van der Waals surface area contributed by atoms with Gasteiger partial charge in [-0.25, -0.2) is 8.96 Å². The van der Waals surface area contributed by atoms with Gasteiger partial charge in [-0.15, -0.1) is 0 Å². The number of pyridine rings is 1. The number of allylic oxidation sites excluding steroid dienone is 4. The number of aromatic nitrogens is 1. The number of aryl methyl sites for hydroxylation is 1. The zero-order valence-corrected chi connectivity index (χ0v) is 34.5. The first kappa shape index (κ1) is 44.4. The van der Waals surface area contributed by atoms with Crippen molar-refractivity contribution in [1.82, 2.24) is 0 Å². The zero-order chi connectivity index (χ0) is 36.4. The van der Waals surface area contributed by atoms with Gasteiger partial charge in [0.2, 0.25) is 0 Å². The first-order chi connectivity index (χ1) is 23.9. The van der Waals surface area contributed by atoms with E-state index in [1.165, 1.54) is 109 Å². The molecule has 3 N–H and O–H groups in total. The Morgan fingerprint density at radius 3 is 2.02 bits per heavy atom. The molecule has 3 fully saturated rings. The number of fused-ring (bicyclic) bond motifs is 5. The molecule has 3 saturated carbocycles. The molecule has 0 bridgehead atoms. The van der Waals surface area contributed by atoms with Gasteiger partial charge in [0.05, 0.1) is 6.10 Å². The smallest absolute Gasteiger partial charge is 1.00 e. The van der Waals surface area contributed by atoms with Gasteiger partial charge in [-0.05, 0) is 63.0 Å². The molecule has 51 heavy (non-hydrogen) atoms. The van der Waals surface area contributed by atoms with Crippen molar-refractivity contribution < 1.29 is 36.7 Å². The van der Waals surface area contributed by atoms with E-state index in [2.05, 4.69) is 42.1 Å². The summed E-state index contributed by atoms with van der Waals surface area (Å²) in [7, 11) is 0. The third-order valence-corrected chi connectivity index (χ3v) is 13.3. The van der Waals surface area contributed by atoms with Crippen molar-refractivity contribution in [3.63, 3.8) is 0 Å². The molecule has 8 atom stereocenters. The quantitative estimate of drug-likeness (QED) is 0.0851. The third-order valence-electron chi connectivity index (χ3n) is 13.3. The number of halogens is 1. The number of ketones is 2. The Hall–Kier alpha value is -0.960. The summed E-state index contributed by atoms with van der Waals surface area (Å²) in [5.74, 6) is -2.12. The monoisotopic (exact) mass is 738 g/mol. The summed E-state index contributed by atoms with van der Waals surface area (Å²) in [5.41, 5.74) is -5.17. The molecule has 0 spiro atoms. The molecule has 1 heterocycles. The van der Waals surface area contributed by atoms with Crippen LogP contribution in [0.15, 0.2) is 54.4 Å². The molecule has 284 valence electrons. The van der Waals surface area contributed by atoms with Gasteiger partial charge in [0.25, 0.3) is 0 Å². The molecule has 0 aromatic carbocycles. The first-order valence-electron chi connectivity index (χ1n) is 20.0. The molecule has 0 radical (unpaired) electrons. The fourth-order valence-electron chi connectivity index (χ4n) is 10.3. The predicted octanol–water partition coefficient (Wildman–Crippen LogP) is 8.20. The molecule has 0 aliphatic heterocycles. The van der Waals surface area contributed by atoms with Crippen molar-refractivity contribution in [3.8, 4) is 0 Å². The topological polar surface area (TPSA) is 98.7 Å². The van der Waals surface area contributed by atoms with Crippen LogP contribution in [-0.2, 0) is 16.1 Å². The number of hydrogen-bond donors (Lipinski definition) is 3. The molecule has 0 saturated heterocycles. The van der Waals surface area contributed by atoms with E-state index in [9.17, 15) is 24.9 Å². The largest absolute Gasteiger partial charge is 2.00 e. The standard InChI is InChI=1S/C22H29FO5.C21H38N.Ca.2H/c1-12-8-16-15-5-4-13-9-14(25)6-7-19(13,2)21(15,23)17(26)10-20(16,3)22(12,28)18(27)11-24;1-2-3-4-5-6-7-8-9-10-11-12-13-14-16-19-22-20-17-15-18-21-22;;;/h6-7,9,12,15-17,24,26,28H,4-5,8,10-11H2,1-3H3;15,17-18,20-21H,2-14,16,19H2,1H3;;;/q;+1;+2;2*-1/t12-,15+,16+,17+,19+,20+,21+,22+;;;;/m1..../s1. The minimum absolute atomic E-state index is 0. The Labute approximate surface area is 340 Å². The molecule has 6 nitrogen and oxygen atoms in total. The zero-order valence-electron chi connectivity index (χ0n) is 34.3. The molecular weight excluding hydrogens is 670 g/mol. The molecule has 1 aromatic rings. The Bertz CT molecular complexity index is 1330. The van der Waals surface area contributed by atoms with E-state index < -0.39 is 52.4 Å². The van der Waals surface area contributed by atoms with Crippen LogP contribution in [0.1, 0.15) is 146 Å². The maximum atomic E-state index is 16.9. The number of alkyl halides is 1. The number of hydrogen-bond acceptors (Lipinski definition) is 5. The van der Waals surface area contributed by atoms with Crippen molar-refractivity contribution in [1.29, 1.82) is 0 Å². The van der Waals surface area contributed by atoms with Crippen molar-refractivity contribution in [2.45, 2.75) is 167 Å². The number of nitrogens with zero attached hydrogens (tertiary/aromatic N) is 1. The van der Waals surface area contributed by atoms with Crippen molar-refractivity contribution in [2.75, 3.05) is 6.61 Å². The Morgan fingerprint density at radius 1 is 0.922 bits per heavy atom. The molecular formula is C43H69CaFNO5+. The van der Waals surface area contributed by atoms with Gasteiger partial charge in [0, 0.05) is 35.3 Å². The van der Waals surface area contributed by atoms with Crippen LogP contribution in [0.5, 0.6) is 0 Å². The maximum Gasteiger partial charge on any atom is 2.00 e. The number of carbonyl (C=O) groups excluding carboxylic acids is 2. The minimum atomic E-state index is -1.98. The van der Waals surface area contributed by atoms with Crippen LogP contribution in [0.4, 0.5) is 4.39 Å². The number of aliphatic hydroxyl groups excluding tert-OH is 2. The summed E-state index contributed by atoms with van der Waals surface area (Å²) in [5, 5.41) is 32.0. The summed E-state index contributed by atoms with van der Waals surface area (Å²) in [6, 6.07) is 6.31. The SMILES string of the molecule is CCCCCCCCCCCCCCCC[n+]1ccccc1.C[C@@H]1C[C@H]2[C@@H]3CCC4=CC(=O)C=C[C@]4(C)[C@@]3(F)[C@@H](O)C[C@]2(C)[C@@]1(O)C(=O)CO.[Ca+2].[H-].[H-]. The predicted molar refractivity (Wildman–Crippen MR) is 205 cm³/mol. The normalized spacial score (nSPS) is 33.6. The van der Waals surface area contributed by atoms with Crippen LogP contribution >= 0.6 is 0 Å². The summed E-state index contributed by atoms with van der Waals surface area (Å²) < 4.78 is 19.2. The second-order valence-electron chi connectivity index (χ2n) is 16.5. The third kappa shape index (κ3) is 9.47. The molecule has 1 aromatic heterocycles. The van der Waals surface area contributed by atoms with Crippen LogP contribution in [0.25, 0.3) is 0 Å². The van der Waals surface area contributed by atoms with Gasteiger partial charge in [0.15, 0.2) is 29.6 Å². The van der Waals surface area contributed by atoms with Gasteiger partial charge in [-0.1, -0.05) is 116 Å². The second-order valence-corrected chi connectivity index (χ2v) is 16.5. The Kier molecular flexibility index (Phi) is 17.5. The average Bonchev–Trinajstić information content (AvgIpc) is 3.31.